The summed E-state index contributed by atoms with van der Waals surface area (Å²) in [6.45, 7) is 12.0. The Balaban J connectivity index is 1.76. The van der Waals surface area contributed by atoms with Crippen LogP contribution in [0.4, 0.5) is 25.4 Å². The van der Waals surface area contributed by atoms with Gasteiger partial charge in [0.05, 0.1) is 11.3 Å². The number of alkyl carbamates (subject to hydrolysis) is 1. The molecule has 2 aliphatic rings. The summed E-state index contributed by atoms with van der Waals surface area (Å²) in [7, 11) is 0. The monoisotopic (exact) mass is 521 g/mol. The molecule has 1 saturated carbocycles. The second kappa shape index (κ2) is 11.1. The van der Waals surface area contributed by atoms with Crippen LogP contribution in [-0.2, 0) is 9.47 Å². The maximum atomic E-state index is 15.4. The Morgan fingerprint density at radius 2 is 1.73 bits per heavy atom. The number of hydrogen-bond acceptors (Lipinski definition) is 8. The van der Waals surface area contributed by atoms with E-state index >= 15 is 4.39 Å². The molecule has 37 heavy (non-hydrogen) atoms. The highest BCUT2D eigenvalue weighted by molar-refractivity contribution is 6.06. The number of amides is 3. The minimum atomic E-state index is -1.02. The van der Waals surface area contributed by atoms with Gasteiger partial charge in [0.25, 0.3) is 5.91 Å². The van der Waals surface area contributed by atoms with Crippen LogP contribution in [0.25, 0.3) is 0 Å². The zero-order valence-corrected chi connectivity index (χ0v) is 22.7. The Kier molecular flexibility index (Phi) is 8.56. The Morgan fingerprint density at radius 1 is 1.08 bits per heavy atom. The number of nitrogens with zero attached hydrogens (tertiary/aromatic N) is 2. The number of imide groups is 1. The van der Waals surface area contributed by atoms with E-state index in [2.05, 4.69) is 10.6 Å². The molecule has 3 amide bonds. The molecule has 1 heterocycles. The van der Waals surface area contributed by atoms with Gasteiger partial charge in [-0.25, -0.2) is 19.8 Å². The van der Waals surface area contributed by atoms with Gasteiger partial charge in [0.1, 0.15) is 17.0 Å². The minimum absolute atomic E-state index is 0.0401. The summed E-state index contributed by atoms with van der Waals surface area (Å²) in [6.07, 6.45) is 2.07. The van der Waals surface area contributed by atoms with Crippen LogP contribution in [0, 0.1) is 11.7 Å². The van der Waals surface area contributed by atoms with Gasteiger partial charge in [0.2, 0.25) is 0 Å². The fraction of sp³-hybridized carbons (Fsp3) is 0.654. The molecular weight excluding hydrogens is 481 g/mol. The molecule has 11 heteroatoms. The molecule has 2 fully saturated rings. The number of hydrogen-bond donors (Lipinski definition) is 3. The maximum Gasteiger partial charge on any atom is 0.432 e. The van der Waals surface area contributed by atoms with Crippen LogP contribution in [0.15, 0.2) is 12.1 Å². The number of rotatable bonds is 6. The first-order valence-corrected chi connectivity index (χ1v) is 12.8. The molecule has 206 valence electrons. The molecular formula is C26H40FN5O5. The normalized spacial score (nSPS) is 18.2. The van der Waals surface area contributed by atoms with Crippen LogP contribution >= 0.6 is 0 Å². The first-order chi connectivity index (χ1) is 17.1. The zero-order chi connectivity index (χ0) is 27.5. The minimum Gasteiger partial charge on any atom is -0.444 e. The summed E-state index contributed by atoms with van der Waals surface area (Å²) >= 11 is 0. The Morgan fingerprint density at radius 3 is 2.32 bits per heavy atom. The second-order valence-corrected chi connectivity index (χ2v) is 11.8. The molecule has 1 aliphatic carbocycles. The average molecular weight is 522 g/mol. The highest BCUT2D eigenvalue weighted by atomic mass is 19.1. The van der Waals surface area contributed by atoms with Gasteiger partial charge >= 0.3 is 12.2 Å². The molecule has 0 radical (unpaired) electrons. The quantitative estimate of drug-likeness (QED) is 0.286. The predicted octanol–water partition coefficient (Wildman–Crippen LogP) is 4.39. The topological polar surface area (TPSA) is 126 Å². The van der Waals surface area contributed by atoms with Crippen LogP contribution in [0.3, 0.4) is 0 Å². The smallest absolute Gasteiger partial charge is 0.432 e. The Labute approximate surface area is 218 Å². The summed E-state index contributed by atoms with van der Waals surface area (Å²) in [6, 6.07) is 2.90. The van der Waals surface area contributed by atoms with Gasteiger partial charge in [-0.3, -0.25) is 4.79 Å². The molecule has 1 atom stereocenters. The third-order valence-corrected chi connectivity index (χ3v) is 5.86. The summed E-state index contributed by atoms with van der Waals surface area (Å²) in [5.74, 6) is 4.41. The zero-order valence-electron chi connectivity index (χ0n) is 22.7. The number of ether oxygens (including phenoxy) is 2. The maximum absolute atomic E-state index is 15.4. The standard InChI is InChI=1S/C26H40FN5O5/c1-25(2,3)36-23(34)29-14-16-8-7-11-31(15-16)21-13-20(30-17-9-10-17)18(12-19(21)27)22(33)32(28)24(35)37-26(4,5)6/h12-13,16-17,30H,7-11,14-15,28H2,1-6H3,(H,29,34). The third kappa shape index (κ3) is 8.48. The second-order valence-electron chi connectivity index (χ2n) is 11.8. The van der Waals surface area contributed by atoms with Crippen molar-refractivity contribution in [2.45, 2.75) is 84.5 Å². The molecule has 1 aliphatic heterocycles. The van der Waals surface area contributed by atoms with E-state index in [9.17, 15) is 14.4 Å². The van der Waals surface area contributed by atoms with E-state index in [1.54, 1.807) is 47.6 Å². The molecule has 1 aromatic rings. The lowest BCUT2D eigenvalue weighted by Crippen LogP contribution is -2.45. The molecule has 0 aromatic heterocycles. The van der Waals surface area contributed by atoms with Gasteiger partial charge in [-0.15, -0.1) is 0 Å². The van der Waals surface area contributed by atoms with Crippen molar-refractivity contribution in [1.82, 2.24) is 10.3 Å². The van der Waals surface area contributed by atoms with Gasteiger partial charge < -0.3 is 25.0 Å². The summed E-state index contributed by atoms with van der Waals surface area (Å²) in [5, 5.41) is 6.44. The van der Waals surface area contributed by atoms with Crippen LogP contribution in [0.1, 0.15) is 77.6 Å². The van der Waals surface area contributed by atoms with E-state index in [1.807, 2.05) is 4.90 Å². The molecule has 3 rings (SSSR count). The van der Waals surface area contributed by atoms with E-state index in [1.165, 1.54) is 0 Å². The van der Waals surface area contributed by atoms with Gasteiger partial charge in [-0.05, 0) is 85.3 Å². The predicted molar refractivity (Wildman–Crippen MR) is 139 cm³/mol. The van der Waals surface area contributed by atoms with Crippen LogP contribution < -0.4 is 21.4 Å². The van der Waals surface area contributed by atoms with Gasteiger partial charge in [0, 0.05) is 31.4 Å². The number of carbonyl (C=O) groups is 3. The number of carbonyl (C=O) groups excluding carboxylic acids is 3. The number of anilines is 2. The first kappa shape index (κ1) is 28.5. The summed E-state index contributed by atoms with van der Waals surface area (Å²) in [5.41, 5.74) is -0.706. The number of nitrogens with two attached hydrogens (primary N) is 1. The van der Waals surface area contributed by atoms with Crippen LogP contribution in [0.5, 0.6) is 0 Å². The van der Waals surface area contributed by atoms with Gasteiger partial charge in [-0.2, -0.15) is 5.01 Å². The number of nitrogens with one attached hydrogen (secondary N) is 2. The van der Waals surface area contributed by atoms with Crippen molar-refractivity contribution >= 4 is 29.5 Å². The first-order valence-electron chi connectivity index (χ1n) is 12.8. The van der Waals surface area contributed by atoms with E-state index in [0.29, 0.717) is 36.0 Å². The molecule has 10 nitrogen and oxygen atoms in total. The average Bonchev–Trinajstić information content (AvgIpc) is 3.59. The molecule has 1 aromatic carbocycles. The van der Waals surface area contributed by atoms with Crippen molar-refractivity contribution in [3.05, 3.63) is 23.5 Å². The van der Waals surface area contributed by atoms with E-state index in [-0.39, 0.29) is 17.5 Å². The van der Waals surface area contributed by atoms with Crippen molar-refractivity contribution in [1.29, 1.82) is 0 Å². The molecule has 1 saturated heterocycles. The van der Waals surface area contributed by atoms with Gasteiger partial charge in [-0.1, -0.05) is 0 Å². The largest absolute Gasteiger partial charge is 0.444 e. The van der Waals surface area contributed by atoms with E-state index in [4.69, 9.17) is 15.3 Å². The van der Waals surface area contributed by atoms with E-state index in [0.717, 1.165) is 31.7 Å². The van der Waals surface area contributed by atoms with Crippen molar-refractivity contribution in [2.75, 3.05) is 29.9 Å². The number of benzene rings is 1. The lowest BCUT2D eigenvalue weighted by molar-refractivity contribution is 0.0239. The summed E-state index contributed by atoms with van der Waals surface area (Å²) in [4.78, 5) is 39.4. The molecule has 0 spiro atoms. The highest BCUT2D eigenvalue weighted by Gasteiger charge is 2.32. The Bertz CT molecular complexity index is 1020. The fourth-order valence-electron chi connectivity index (χ4n) is 4.06. The number of hydrazine groups is 1. The van der Waals surface area contributed by atoms with Crippen molar-refractivity contribution < 1.29 is 28.2 Å². The number of halogens is 1. The highest BCUT2D eigenvalue weighted by Crippen LogP contribution is 2.34. The van der Waals surface area contributed by atoms with Gasteiger partial charge in [0.15, 0.2) is 0 Å². The number of piperidine rings is 1. The van der Waals surface area contributed by atoms with Crippen molar-refractivity contribution in [3.8, 4) is 0 Å². The molecule has 1 unspecified atom stereocenters. The van der Waals surface area contributed by atoms with Crippen LogP contribution in [-0.4, -0.2) is 60.0 Å². The molecule has 4 N–H and O–H groups in total. The van der Waals surface area contributed by atoms with Crippen molar-refractivity contribution in [2.24, 2.45) is 11.8 Å². The lowest BCUT2D eigenvalue weighted by atomic mass is 9.97. The van der Waals surface area contributed by atoms with Crippen molar-refractivity contribution in [3.63, 3.8) is 0 Å². The third-order valence-electron chi connectivity index (χ3n) is 5.86. The van der Waals surface area contributed by atoms with Crippen LogP contribution in [0.2, 0.25) is 0 Å². The fourth-order valence-corrected chi connectivity index (χ4v) is 4.06. The Hall–Kier alpha value is -3.08. The SMILES string of the molecule is CC(C)(C)OC(=O)NCC1CCCN(c2cc(NC3CC3)c(C(=O)N(N)C(=O)OC(C)(C)C)cc2F)C1. The lowest BCUT2D eigenvalue weighted by Gasteiger charge is -2.35. The molecule has 0 bridgehead atoms. The summed E-state index contributed by atoms with van der Waals surface area (Å²) < 4.78 is 25.9. The van der Waals surface area contributed by atoms with E-state index < -0.39 is 35.1 Å².